The van der Waals surface area contributed by atoms with Crippen molar-refractivity contribution >= 4 is 11.7 Å². The van der Waals surface area contributed by atoms with E-state index in [1.54, 1.807) is 6.20 Å². The first kappa shape index (κ1) is 19.2. The van der Waals surface area contributed by atoms with E-state index in [-0.39, 0.29) is 5.91 Å². The summed E-state index contributed by atoms with van der Waals surface area (Å²) < 4.78 is 3.90. The molecule has 1 aromatic carbocycles. The Morgan fingerprint density at radius 2 is 2.09 bits per heavy atom. The second-order valence-corrected chi connectivity index (χ2v) is 8.72. The highest BCUT2D eigenvalue weighted by atomic mass is 16.1. The van der Waals surface area contributed by atoms with Crippen molar-refractivity contribution in [3.05, 3.63) is 70.9 Å². The van der Waals surface area contributed by atoms with Gasteiger partial charge in [0.2, 0.25) is 5.78 Å². The van der Waals surface area contributed by atoms with Gasteiger partial charge in [0.05, 0.1) is 23.6 Å². The lowest BCUT2D eigenvalue weighted by atomic mass is 10.1. The van der Waals surface area contributed by atoms with E-state index in [0.29, 0.717) is 23.9 Å². The van der Waals surface area contributed by atoms with Gasteiger partial charge in [-0.05, 0) is 37.0 Å². The van der Waals surface area contributed by atoms with E-state index in [9.17, 15) is 4.79 Å². The van der Waals surface area contributed by atoms with Crippen molar-refractivity contribution in [2.45, 2.75) is 45.3 Å². The maximum absolute atomic E-state index is 13.1. The molecule has 0 saturated heterocycles. The van der Waals surface area contributed by atoms with E-state index in [1.807, 2.05) is 29.7 Å². The lowest BCUT2D eigenvalue weighted by Crippen LogP contribution is -2.28. The second-order valence-electron chi connectivity index (χ2n) is 8.72. The van der Waals surface area contributed by atoms with Gasteiger partial charge in [0.1, 0.15) is 5.69 Å². The molecule has 1 aliphatic carbocycles. The highest BCUT2D eigenvalue weighted by molar-refractivity contribution is 5.94. The van der Waals surface area contributed by atoms with Gasteiger partial charge in [-0.1, -0.05) is 24.3 Å². The molecule has 1 saturated carbocycles. The molecule has 8 nitrogen and oxygen atoms in total. The maximum atomic E-state index is 13.1. The molecule has 1 aliphatic heterocycles. The van der Waals surface area contributed by atoms with Crippen LogP contribution in [-0.4, -0.2) is 36.6 Å². The number of fused-ring (bicyclic) bond motifs is 2. The van der Waals surface area contributed by atoms with Crippen molar-refractivity contribution in [1.82, 2.24) is 34.8 Å². The molecule has 2 N–H and O–H groups in total. The number of aromatic nitrogens is 5. The second kappa shape index (κ2) is 7.56. The van der Waals surface area contributed by atoms with Crippen molar-refractivity contribution in [2.24, 2.45) is 0 Å². The molecule has 1 amide bonds. The first-order valence-corrected chi connectivity index (χ1v) is 11.2. The van der Waals surface area contributed by atoms with Crippen LogP contribution in [0, 0.1) is 6.92 Å². The zero-order valence-corrected chi connectivity index (χ0v) is 18.0. The average Bonchev–Trinajstić information content (AvgIpc) is 3.45. The minimum absolute atomic E-state index is 0.106. The van der Waals surface area contributed by atoms with Gasteiger partial charge in [-0.3, -0.25) is 13.9 Å². The van der Waals surface area contributed by atoms with Crippen LogP contribution in [0.15, 0.2) is 42.7 Å². The van der Waals surface area contributed by atoms with Gasteiger partial charge in [-0.15, -0.1) is 0 Å². The Balaban J connectivity index is 1.20. The molecule has 3 aromatic heterocycles. The van der Waals surface area contributed by atoms with Crippen LogP contribution in [0.4, 0.5) is 0 Å². The molecule has 4 aromatic rings. The van der Waals surface area contributed by atoms with Gasteiger partial charge < -0.3 is 10.6 Å². The number of amides is 1. The summed E-state index contributed by atoms with van der Waals surface area (Å²) in [6, 6.07) is 10.4. The Morgan fingerprint density at radius 1 is 1.25 bits per heavy atom. The van der Waals surface area contributed by atoms with E-state index in [1.165, 1.54) is 5.69 Å². The van der Waals surface area contributed by atoms with E-state index in [4.69, 9.17) is 5.10 Å². The number of carbonyl (C=O) groups excluding carboxylic acids is 1. The highest BCUT2D eigenvalue weighted by Gasteiger charge is 2.33. The van der Waals surface area contributed by atoms with Gasteiger partial charge >= 0.3 is 0 Å². The van der Waals surface area contributed by atoms with Crippen molar-refractivity contribution in [3.8, 4) is 11.3 Å². The number of imidazole rings is 1. The molecule has 0 atom stereocenters. The topological polar surface area (TPSA) is 89.1 Å². The number of nitrogens with zero attached hydrogens (tertiary/aromatic N) is 5. The van der Waals surface area contributed by atoms with Crippen molar-refractivity contribution < 1.29 is 4.79 Å². The van der Waals surface area contributed by atoms with Crippen LogP contribution in [0.25, 0.3) is 17.0 Å². The predicted molar refractivity (Wildman–Crippen MR) is 120 cm³/mol. The summed E-state index contributed by atoms with van der Waals surface area (Å²) in [7, 11) is 0. The fourth-order valence-electron chi connectivity index (χ4n) is 4.31. The molecular formula is C24H25N7O. The Kier molecular flexibility index (Phi) is 4.53. The summed E-state index contributed by atoms with van der Waals surface area (Å²) in [5.74, 6) is 0.850. The third-order valence-electron chi connectivity index (χ3n) is 6.19. The zero-order valence-electron chi connectivity index (χ0n) is 18.0. The molecule has 1 fully saturated rings. The third-order valence-corrected chi connectivity index (χ3v) is 6.19. The molecule has 0 radical (unpaired) electrons. The minimum atomic E-state index is -0.106. The first-order chi connectivity index (χ1) is 15.7. The van der Waals surface area contributed by atoms with Crippen LogP contribution < -0.4 is 10.6 Å². The summed E-state index contributed by atoms with van der Waals surface area (Å²) in [4.78, 5) is 22.2. The largest absolute Gasteiger partial charge is 0.347 e. The van der Waals surface area contributed by atoms with Crippen LogP contribution in [0.2, 0.25) is 0 Å². The summed E-state index contributed by atoms with van der Waals surface area (Å²) in [6.45, 7) is 5.15. The molecule has 4 heterocycles. The van der Waals surface area contributed by atoms with Gasteiger partial charge in [0, 0.05) is 43.5 Å². The first-order valence-electron chi connectivity index (χ1n) is 11.2. The predicted octanol–water partition coefficient (Wildman–Crippen LogP) is 2.81. The number of carbonyl (C=O) groups is 1. The van der Waals surface area contributed by atoms with Gasteiger partial charge in [-0.25, -0.2) is 9.97 Å². The van der Waals surface area contributed by atoms with Crippen LogP contribution in [0.5, 0.6) is 0 Å². The van der Waals surface area contributed by atoms with Crippen LogP contribution in [-0.2, 0) is 19.6 Å². The number of hydrogen-bond acceptors (Lipinski definition) is 5. The van der Waals surface area contributed by atoms with Crippen molar-refractivity contribution in [1.29, 1.82) is 0 Å². The Morgan fingerprint density at radius 3 is 2.88 bits per heavy atom. The molecule has 0 bridgehead atoms. The zero-order chi connectivity index (χ0) is 21.7. The Bertz CT molecular complexity index is 1290. The van der Waals surface area contributed by atoms with Gasteiger partial charge in [0.15, 0.2) is 0 Å². The number of rotatable bonds is 5. The van der Waals surface area contributed by atoms with Crippen LogP contribution in [0.3, 0.4) is 0 Å². The smallest absolute Gasteiger partial charge is 0.270 e. The lowest BCUT2D eigenvalue weighted by Gasteiger charge is -2.13. The van der Waals surface area contributed by atoms with E-state index >= 15 is 0 Å². The summed E-state index contributed by atoms with van der Waals surface area (Å²) in [5.41, 5.74) is 6.82. The number of aryl methyl sites for hydroxylation is 1. The molecule has 0 spiro atoms. The SMILES string of the molecule is Cc1cnc2nc(C3CC3)c(C(=O)NCc3ccc(-c4cc5n(n4)CCNC5)cc3)n2c1. The Hall–Kier alpha value is -3.52. The van der Waals surface area contributed by atoms with Gasteiger partial charge in [-0.2, -0.15) is 5.10 Å². The number of benzene rings is 1. The quantitative estimate of drug-likeness (QED) is 0.511. The van der Waals surface area contributed by atoms with Crippen LogP contribution >= 0.6 is 0 Å². The van der Waals surface area contributed by atoms with Gasteiger partial charge in [0.25, 0.3) is 5.91 Å². The molecule has 162 valence electrons. The monoisotopic (exact) mass is 427 g/mol. The van der Waals surface area contributed by atoms with E-state index in [0.717, 1.165) is 60.6 Å². The fourth-order valence-corrected chi connectivity index (χ4v) is 4.31. The summed E-state index contributed by atoms with van der Waals surface area (Å²) in [5, 5.41) is 11.2. The number of nitrogens with one attached hydrogen (secondary N) is 2. The molecule has 8 heteroatoms. The normalized spacial score (nSPS) is 15.7. The fraction of sp³-hybridized carbons (Fsp3) is 0.333. The lowest BCUT2D eigenvalue weighted by molar-refractivity contribution is 0.0944. The van der Waals surface area contributed by atoms with Crippen molar-refractivity contribution in [3.63, 3.8) is 0 Å². The Labute approximate surface area is 185 Å². The summed E-state index contributed by atoms with van der Waals surface area (Å²) >= 11 is 0. The molecule has 6 rings (SSSR count). The summed E-state index contributed by atoms with van der Waals surface area (Å²) in [6.07, 6.45) is 5.89. The van der Waals surface area contributed by atoms with Crippen LogP contribution in [0.1, 0.15) is 51.8 Å². The molecular weight excluding hydrogens is 402 g/mol. The molecule has 2 aliphatic rings. The van der Waals surface area contributed by atoms with E-state index < -0.39 is 0 Å². The number of hydrogen-bond donors (Lipinski definition) is 2. The highest BCUT2D eigenvalue weighted by Crippen LogP contribution is 2.41. The molecule has 32 heavy (non-hydrogen) atoms. The standard InChI is InChI=1S/C24H25N7O/c1-15-11-27-24-28-21(18-6-7-18)22(30(24)14-15)23(32)26-12-16-2-4-17(5-3-16)20-10-19-13-25-8-9-31(19)29-20/h2-5,10-11,14,18,25H,6-9,12-13H2,1H3,(H,26,32). The third kappa shape index (κ3) is 3.46. The average molecular weight is 428 g/mol. The van der Waals surface area contributed by atoms with Crippen molar-refractivity contribution in [2.75, 3.05) is 6.54 Å². The van der Waals surface area contributed by atoms with E-state index in [2.05, 4.69) is 43.5 Å². The molecule has 0 unspecified atom stereocenters. The maximum Gasteiger partial charge on any atom is 0.270 e. The minimum Gasteiger partial charge on any atom is -0.347 e.